The highest BCUT2D eigenvalue weighted by molar-refractivity contribution is 5.90. The van der Waals surface area contributed by atoms with Crippen LogP contribution >= 0.6 is 0 Å². The third-order valence-electron chi connectivity index (χ3n) is 4.01. The summed E-state index contributed by atoms with van der Waals surface area (Å²) in [6, 6.07) is 18.1. The summed E-state index contributed by atoms with van der Waals surface area (Å²) >= 11 is 0. The highest BCUT2D eigenvalue weighted by atomic mass is 16.5. The first-order valence-corrected chi connectivity index (χ1v) is 8.05. The predicted octanol–water partition coefficient (Wildman–Crippen LogP) is 3.66. The van der Waals surface area contributed by atoms with Crippen molar-refractivity contribution in [3.05, 3.63) is 60.2 Å². The standard InChI is InChI=1S/C19H22N2O2/c22-19(12-16-10-11-23-14-16)21-18-8-6-15(7-9-18)13-20-17-4-2-1-3-5-17/h1-9,16,20H,10-14H2,(H,21,22). The van der Waals surface area contributed by atoms with Gasteiger partial charge in [-0.3, -0.25) is 4.79 Å². The summed E-state index contributed by atoms with van der Waals surface area (Å²) in [5.74, 6) is 0.431. The van der Waals surface area contributed by atoms with Crippen molar-refractivity contribution < 1.29 is 9.53 Å². The first kappa shape index (κ1) is 15.6. The van der Waals surface area contributed by atoms with Gasteiger partial charge in [0, 0.05) is 37.6 Å². The summed E-state index contributed by atoms with van der Waals surface area (Å²) in [5, 5.41) is 6.32. The van der Waals surface area contributed by atoms with Crippen LogP contribution in [0, 0.1) is 5.92 Å². The minimum absolute atomic E-state index is 0.0654. The zero-order valence-electron chi connectivity index (χ0n) is 13.1. The zero-order chi connectivity index (χ0) is 15.9. The van der Waals surface area contributed by atoms with Crippen LogP contribution in [-0.4, -0.2) is 19.1 Å². The summed E-state index contributed by atoms with van der Waals surface area (Å²) in [5.41, 5.74) is 3.12. The highest BCUT2D eigenvalue weighted by Crippen LogP contribution is 2.18. The van der Waals surface area contributed by atoms with Crippen molar-refractivity contribution in [3.8, 4) is 0 Å². The Balaban J connectivity index is 1.47. The molecule has 1 saturated heterocycles. The lowest BCUT2D eigenvalue weighted by Crippen LogP contribution is -2.16. The SMILES string of the molecule is O=C(CC1CCOC1)Nc1ccc(CNc2ccccc2)cc1. The Morgan fingerprint density at radius 1 is 1.04 bits per heavy atom. The number of amides is 1. The van der Waals surface area contributed by atoms with E-state index in [-0.39, 0.29) is 5.91 Å². The smallest absolute Gasteiger partial charge is 0.224 e. The minimum atomic E-state index is 0.0654. The number of para-hydroxylation sites is 1. The Morgan fingerprint density at radius 3 is 2.52 bits per heavy atom. The van der Waals surface area contributed by atoms with Gasteiger partial charge in [0.2, 0.25) is 5.91 Å². The fourth-order valence-electron chi connectivity index (χ4n) is 2.68. The number of hydrogen-bond acceptors (Lipinski definition) is 3. The van der Waals surface area contributed by atoms with E-state index in [1.54, 1.807) is 0 Å². The van der Waals surface area contributed by atoms with Crippen LogP contribution in [0.4, 0.5) is 11.4 Å². The van der Waals surface area contributed by atoms with Gasteiger partial charge in [-0.05, 0) is 42.2 Å². The molecule has 4 heteroatoms. The molecule has 3 rings (SSSR count). The van der Waals surface area contributed by atoms with Crippen molar-refractivity contribution in [2.24, 2.45) is 5.92 Å². The van der Waals surface area contributed by atoms with Gasteiger partial charge in [-0.25, -0.2) is 0 Å². The average Bonchev–Trinajstić information content (AvgIpc) is 3.08. The molecule has 0 saturated carbocycles. The molecular weight excluding hydrogens is 288 g/mol. The van der Waals surface area contributed by atoms with Crippen LogP contribution in [0.1, 0.15) is 18.4 Å². The summed E-state index contributed by atoms with van der Waals surface area (Å²) < 4.78 is 5.30. The third kappa shape index (κ3) is 4.83. The van der Waals surface area contributed by atoms with Gasteiger partial charge in [0.25, 0.3) is 0 Å². The second kappa shape index (κ2) is 7.79. The Bertz CT molecular complexity index is 620. The molecule has 0 aliphatic carbocycles. The molecule has 1 heterocycles. The Kier molecular flexibility index (Phi) is 5.27. The van der Waals surface area contributed by atoms with Gasteiger partial charge in [0.05, 0.1) is 0 Å². The number of carbonyl (C=O) groups excluding carboxylic acids is 1. The molecule has 1 atom stereocenters. The van der Waals surface area contributed by atoms with E-state index in [4.69, 9.17) is 4.74 Å². The fourth-order valence-corrected chi connectivity index (χ4v) is 2.68. The number of rotatable bonds is 6. The van der Waals surface area contributed by atoms with Gasteiger partial charge in [0.15, 0.2) is 0 Å². The number of anilines is 2. The van der Waals surface area contributed by atoms with Crippen LogP contribution in [0.15, 0.2) is 54.6 Å². The van der Waals surface area contributed by atoms with Crippen LogP contribution in [0.5, 0.6) is 0 Å². The first-order chi connectivity index (χ1) is 11.3. The molecule has 2 N–H and O–H groups in total. The second-order valence-corrected chi connectivity index (χ2v) is 5.90. The van der Waals surface area contributed by atoms with Gasteiger partial charge >= 0.3 is 0 Å². The van der Waals surface area contributed by atoms with Crippen molar-refractivity contribution in [1.29, 1.82) is 0 Å². The van der Waals surface area contributed by atoms with Crippen LogP contribution in [0.2, 0.25) is 0 Å². The summed E-state index contributed by atoms with van der Waals surface area (Å²) in [4.78, 5) is 12.0. The zero-order valence-corrected chi connectivity index (χ0v) is 13.1. The van der Waals surface area contributed by atoms with Crippen LogP contribution in [0.25, 0.3) is 0 Å². The van der Waals surface area contributed by atoms with E-state index in [2.05, 4.69) is 10.6 Å². The van der Waals surface area contributed by atoms with E-state index < -0.39 is 0 Å². The summed E-state index contributed by atoms with van der Waals surface area (Å²) in [7, 11) is 0. The van der Waals surface area contributed by atoms with Crippen LogP contribution in [0.3, 0.4) is 0 Å². The number of hydrogen-bond donors (Lipinski definition) is 2. The van der Waals surface area contributed by atoms with E-state index >= 15 is 0 Å². The lowest BCUT2D eigenvalue weighted by atomic mass is 10.0. The van der Waals surface area contributed by atoms with E-state index in [9.17, 15) is 4.79 Å². The molecule has 0 radical (unpaired) electrons. The molecule has 0 bridgehead atoms. The Morgan fingerprint density at radius 2 is 1.83 bits per heavy atom. The lowest BCUT2D eigenvalue weighted by molar-refractivity contribution is -0.117. The maximum atomic E-state index is 12.0. The molecule has 2 aromatic rings. The van der Waals surface area contributed by atoms with Crippen molar-refractivity contribution >= 4 is 17.3 Å². The Labute approximate surface area is 136 Å². The number of benzene rings is 2. The van der Waals surface area contributed by atoms with E-state index in [1.165, 1.54) is 5.56 Å². The lowest BCUT2D eigenvalue weighted by Gasteiger charge is -2.10. The quantitative estimate of drug-likeness (QED) is 0.856. The highest BCUT2D eigenvalue weighted by Gasteiger charge is 2.18. The van der Waals surface area contributed by atoms with Crippen molar-refractivity contribution in [3.63, 3.8) is 0 Å². The van der Waals surface area contributed by atoms with E-state index in [1.807, 2.05) is 54.6 Å². The van der Waals surface area contributed by atoms with Gasteiger partial charge in [-0.2, -0.15) is 0 Å². The molecule has 1 amide bonds. The Hall–Kier alpha value is -2.33. The molecule has 4 nitrogen and oxygen atoms in total. The molecule has 120 valence electrons. The molecule has 0 spiro atoms. The molecule has 2 aromatic carbocycles. The second-order valence-electron chi connectivity index (χ2n) is 5.90. The largest absolute Gasteiger partial charge is 0.381 e. The normalized spacial score (nSPS) is 17.0. The van der Waals surface area contributed by atoms with Gasteiger partial charge in [0.1, 0.15) is 0 Å². The molecular formula is C19H22N2O2. The van der Waals surface area contributed by atoms with Crippen molar-refractivity contribution in [1.82, 2.24) is 0 Å². The van der Waals surface area contributed by atoms with Gasteiger partial charge in [-0.15, -0.1) is 0 Å². The summed E-state index contributed by atoms with van der Waals surface area (Å²) in [6.45, 7) is 2.25. The predicted molar refractivity (Wildman–Crippen MR) is 92.4 cm³/mol. The minimum Gasteiger partial charge on any atom is -0.381 e. The van der Waals surface area contributed by atoms with Crippen molar-refractivity contribution in [2.45, 2.75) is 19.4 Å². The molecule has 0 aromatic heterocycles. The van der Waals surface area contributed by atoms with Crippen LogP contribution in [-0.2, 0) is 16.1 Å². The molecule has 1 fully saturated rings. The molecule has 1 aliphatic heterocycles. The average molecular weight is 310 g/mol. The number of carbonyl (C=O) groups is 1. The van der Waals surface area contributed by atoms with Gasteiger partial charge in [-0.1, -0.05) is 30.3 Å². The molecule has 1 aliphatic rings. The maximum Gasteiger partial charge on any atom is 0.224 e. The maximum absolute atomic E-state index is 12.0. The summed E-state index contributed by atoms with van der Waals surface area (Å²) in [6.07, 6.45) is 1.52. The number of ether oxygens (including phenoxy) is 1. The van der Waals surface area contributed by atoms with Gasteiger partial charge < -0.3 is 15.4 Å². The monoisotopic (exact) mass is 310 g/mol. The molecule has 23 heavy (non-hydrogen) atoms. The first-order valence-electron chi connectivity index (χ1n) is 8.05. The van der Waals surface area contributed by atoms with E-state index in [0.29, 0.717) is 18.9 Å². The number of nitrogens with one attached hydrogen (secondary N) is 2. The molecule has 1 unspecified atom stereocenters. The van der Waals surface area contributed by atoms with E-state index in [0.717, 1.165) is 30.9 Å². The fraction of sp³-hybridized carbons (Fsp3) is 0.316. The van der Waals surface area contributed by atoms with Crippen molar-refractivity contribution in [2.75, 3.05) is 23.8 Å². The topological polar surface area (TPSA) is 50.4 Å². The van der Waals surface area contributed by atoms with Crippen LogP contribution < -0.4 is 10.6 Å². The third-order valence-corrected chi connectivity index (χ3v) is 4.01.